The van der Waals surface area contributed by atoms with Gasteiger partial charge in [-0.1, -0.05) is 29.3 Å². The van der Waals surface area contributed by atoms with Gasteiger partial charge in [-0.3, -0.25) is 9.59 Å². The molecule has 1 heterocycles. The van der Waals surface area contributed by atoms with Crippen molar-refractivity contribution in [1.82, 2.24) is 9.13 Å². The number of alkyl halides is 1. The second kappa shape index (κ2) is 6.03. The van der Waals surface area contributed by atoms with Crippen LogP contribution in [0.2, 0.25) is 0 Å². The van der Waals surface area contributed by atoms with Crippen LogP contribution in [0.25, 0.3) is 0 Å². The lowest BCUT2D eigenvalue weighted by molar-refractivity contribution is 0.442. The molecule has 0 aromatic carbocycles. The molecule has 1 aromatic heterocycles. The molecule has 0 fully saturated rings. The predicted molar refractivity (Wildman–Crippen MR) is 68.1 cm³/mol. The number of halogens is 1. The van der Waals surface area contributed by atoms with Gasteiger partial charge in [-0.25, -0.2) is 0 Å². The lowest BCUT2D eigenvalue weighted by atomic mass is 10.1. The van der Waals surface area contributed by atoms with Gasteiger partial charge in [0.05, 0.1) is 0 Å². The molecule has 0 aliphatic heterocycles. The summed E-state index contributed by atoms with van der Waals surface area (Å²) in [6, 6.07) is 0. The second-order valence-corrected chi connectivity index (χ2v) is 4.63. The third-order valence-electron chi connectivity index (χ3n) is 2.60. The zero-order valence-electron chi connectivity index (χ0n) is 9.65. The number of hydrogen-bond donors (Lipinski definition) is 0. The first-order valence-electron chi connectivity index (χ1n) is 5.42. The highest BCUT2D eigenvalue weighted by Gasteiger charge is 2.09. The molecule has 90 valence electrons. The highest BCUT2D eigenvalue weighted by molar-refractivity contribution is 9.09. The molecule has 0 bridgehead atoms. The van der Waals surface area contributed by atoms with Crippen molar-refractivity contribution in [3.63, 3.8) is 0 Å². The Balaban J connectivity index is 2.93. The first-order chi connectivity index (χ1) is 7.60. The SMILES string of the molecule is CCCC(CBr)Cn1ccn(C)c(=O)c1=O. The van der Waals surface area contributed by atoms with Crippen LogP contribution in [-0.4, -0.2) is 14.5 Å². The van der Waals surface area contributed by atoms with E-state index in [-0.39, 0.29) is 0 Å². The van der Waals surface area contributed by atoms with Gasteiger partial charge in [-0.05, 0) is 12.3 Å². The molecule has 1 unspecified atom stereocenters. The Labute approximate surface area is 103 Å². The third kappa shape index (κ3) is 3.07. The lowest BCUT2D eigenvalue weighted by Gasteiger charge is -2.14. The van der Waals surface area contributed by atoms with Crippen molar-refractivity contribution in [2.75, 3.05) is 5.33 Å². The summed E-state index contributed by atoms with van der Waals surface area (Å²) < 4.78 is 2.81. The van der Waals surface area contributed by atoms with Crippen molar-refractivity contribution < 1.29 is 0 Å². The Morgan fingerprint density at radius 3 is 2.56 bits per heavy atom. The molecule has 5 heteroatoms. The van der Waals surface area contributed by atoms with Crippen molar-refractivity contribution in [2.24, 2.45) is 13.0 Å². The second-order valence-electron chi connectivity index (χ2n) is 3.98. The molecule has 4 nitrogen and oxygen atoms in total. The van der Waals surface area contributed by atoms with E-state index < -0.39 is 11.1 Å². The van der Waals surface area contributed by atoms with Gasteiger partial charge in [0.25, 0.3) is 0 Å². The Bertz CT molecular complexity index is 450. The molecule has 0 spiro atoms. The minimum absolute atomic E-state index is 0.398. The van der Waals surface area contributed by atoms with Gasteiger partial charge in [-0.15, -0.1) is 0 Å². The molecule has 0 radical (unpaired) electrons. The molecule has 0 amide bonds. The summed E-state index contributed by atoms with van der Waals surface area (Å²) in [4.78, 5) is 23.1. The zero-order valence-corrected chi connectivity index (χ0v) is 11.2. The minimum Gasteiger partial charge on any atom is -0.312 e. The Morgan fingerprint density at radius 1 is 1.31 bits per heavy atom. The predicted octanol–water partition coefficient (Wildman–Crippen LogP) is 1.36. The fraction of sp³-hybridized carbons (Fsp3) is 0.636. The number of aromatic nitrogens is 2. The molecular weight excluding hydrogens is 272 g/mol. The summed E-state index contributed by atoms with van der Waals surface area (Å²) in [5, 5.41) is 0.850. The van der Waals surface area contributed by atoms with Crippen LogP contribution in [0.4, 0.5) is 0 Å². The molecular formula is C11H17BrN2O2. The molecule has 0 aliphatic rings. The summed E-state index contributed by atoms with van der Waals surface area (Å²) in [5.74, 6) is 0.398. The Kier molecular flexibility index (Phi) is 4.99. The van der Waals surface area contributed by atoms with Crippen molar-refractivity contribution in [3.8, 4) is 0 Å². The molecule has 0 saturated heterocycles. The molecule has 16 heavy (non-hydrogen) atoms. The van der Waals surface area contributed by atoms with E-state index in [0.29, 0.717) is 12.5 Å². The fourth-order valence-electron chi connectivity index (χ4n) is 1.64. The maximum atomic E-state index is 11.7. The van der Waals surface area contributed by atoms with Crippen LogP contribution < -0.4 is 11.1 Å². The summed E-state index contributed by atoms with van der Waals surface area (Å²) in [7, 11) is 1.59. The largest absolute Gasteiger partial charge is 0.316 e. The summed E-state index contributed by atoms with van der Waals surface area (Å²) in [5.41, 5.74) is -0.903. The third-order valence-corrected chi connectivity index (χ3v) is 3.52. The first-order valence-corrected chi connectivity index (χ1v) is 6.54. The minimum atomic E-state index is -0.465. The summed E-state index contributed by atoms with van der Waals surface area (Å²) >= 11 is 3.43. The number of rotatable bonds is 5. The fourth-order valence-corrected chi connectivity index (χ4v) is 2.17. The molecule has 0 saturated carbocycles. The zero-order chi connectivity index (χ0) is 12.1. The van der Waals surface area contributed by atoms with E-state index in [1.165, 1.54) is 9.13 Å². The van der Waals surface area contributed by atoms with Crippen LogP contribution in [0, 0.1) is 5.92 Å². The average molecular weight is 289 g/mol. The smallest absolute Gasteiger partial charge is 0.312 e. The Hall–Kier alpha value is -0.840. The number of hydrogen-bond acceptors (Lipinski definition) is 2. The quantitative estimate of drug-likeness (QED) is 0.607. The van der Waals surface area contributed by atoms with Gasteiger partial charge in [-0.2, -0.15) is 0 Å². The highest BCUT2D eigenvalue weighted by Crippen LogP contribution is 2.11. The molecule has 0 N–H and O–H groups in total. The van der Waals surface area contributed by atoms with Gasteiger partial charge in [0, 0.05) is 31.3 Å². The van der Waals surface area contributed by atoms with E-state index in [2.05, 4.69) is 22.9 Å². The lowest BCUT2D eigenvalue weighted by Crippen LogP contribution is -2.40. The number of nitrogens with zero attached hydrogens (tertiary/aromatic N) is 2. The highest BCUT2D eigenvalue weighted by atomic mass is 79.9. The van der Waals surface area contributed by atoms with Crippen LogP contribution >= 0.6 is 15.9 Å². The number of aryl methyl sites for hydroxylation is 1. The van der Waals surface area contributed by atoms with Crippen molar-refractivity contribution in [1.29, 1.82) is 0 Å². The van der Waals surface area contributed by atoms with Crippen LogP contribution in [-0.2, 0) is 13.6 Å². The van der Waals surface area contributed by atoms with Crippen LogP contribution in [0.1, 0.15) is 19.8 Å². The molecule has 1 atom stereocenters. The van der Waals surface area contributed by atoms with Crippen molar-refractivity contribution in [3.05, 3.63) is 33.1 Å². The normalized spacial score (nSPS) is 12.7. The molecule has 1 aromatic rings. The molecule has 1 rings (SSSR count). The van der Waals surface area contributed by atoms with E-state index in [0.717, 1.165) is 18.2 Å². The van der Waals surface area contributed by atoms with Crippen LogP contribution in [0.5, 0.6) is 0 Å². The average Bonchev–Trinajstić information content (AvgIpc) is 2.29. The van der Waals surface area contributed by atoms with Gasteiger partial charge in [0.15, 0.2) is 0 Å². The topological polar surface area (TPSA) is 44.0 Å². The van der Waals surface area contributed by atoms with Crippen LogP contribution in [0.15, 0.2) is 22.0 Å². The summed E-state index contributed by atoms with van der Waals surface area (Å²) in [6.45, 7) is 2.72. The maximum absolute atomic E-state index is 11.7. The van der Waals surface area contributed by atoms with E-state index >= 15 is 0 Å². The monoisotopic (exact) mass is 288 g/mol. The van der Waals surface area contributed by atoms with E-state index in [4.69, 9.17) is 0 Å². The van der Waals surface area contributed by atoms with Gasteiger partial charge in [0.1, 0.15) is 0 Å². The van der Waals surface area contributed by atoms with E-state index in [9.17, 15) is 9.59 Å². The standard InChI is InChI=1S/C11H17BrN2O2/c1-3-4-9(7-12)8-14-6-5-13(2)10(15)11(14)16/h5-6,9H,3-4,7-8H2,1-2H3. The van der Waals surface area contributed by atoms with Gasteiger partial charge >= 0.3 is 11.1 Å². The van der Waals surface area contributed by atoms with Gasteiger partial charge < -0.3 is 9.13 Å². The van der Waals surface area contributed by atoms with Crippen molar-refractivity contribution in [2.45, 2.75) is 26.3 Å². The Morgan fingerprint density at radius 2 is 2.00 bits per heavy atom. The van der Waals surface area contributed by atoms with Gasteiger partial charge in [0.2, 0.25) is 0 Å². The summed E-state index contributed by atoms with van der Waals surface area (Å²) in [6.07, 6.45) is 5.43. The first kappa shape index (κ1) is 13.2. The maximum Gasteiger partial charge on any atom is 0.316 e. The van der Waals surface area contributed by atoms with Crippen LogP contribution in [0.3, 0.4) is 0 Å². The van der Waals surface area contributed by atoms with E-state index in [1.54, 1.807) is 19.4 Å². The molecule has 0 aliphatic carbocycles. The van der Waals surface area contributed by atoms with E-state index in [1.807, 2.05) is 0 Å². The van der Waals surface area contributed by atoms with Crippen molar-refractivity contribution >= 4 is 15.9 Å².